The van der Waals surface area contributed by atoms with Gasteiger partial charge in [0.1, 0.15) is 0 Å². The molecule has 0 spiro atoms. The number of benzene rings is 1. The fraction of sp³-hybridized carbons (Fsp3) is 0.250. The van der Waals surface area contributed by atoms with Gasteiger partial charge in [-0.3, -0.25) is 4.79 Å². The van der Waals surface area contributed by atoms with Gasteiger partial charge < -0.3 is 20.9 Å². The zero-order valence-corrected chi connectivity index (χ0v) is 10.1. The summed E-state index contributed by atoms with van der Waals surface area (Å²) in [6.07, 6.45) is 1.61. The summed E-state index contributed by atoms with van der Waals surface area (Å²) in [5, 5.41) is 0. The van der Waals surface area contributed by atoms with Crippen molar-refractivity contribution in [3.8, 4) is 11.5 Å². The van der Waals surface area contributed by atoms with Gasteiger partial charge >= 0.3 is 0 Å². The molecule has 0 heterocycles. The van der Waals surface area contributed by atoms with Gasteiger partial charge in [0.15, 0.2) is 11.5 Å². The third kappa shape index (κ3) is 2.90. The number of nitrogens with two attached hydrogens (primary N) is 2. The van der Waals surface area contributed by atoms with Crippen molar-refractivity contribution in [1.29, 1.82) is 0 Å². The van der Waals surface area contributed by atoms with Gasteiger partial charge in [0, 0.05) is 22.9 Å². The molecule has 1 aromatic carbocycles. The Bertz CT molecular complexity index is 467. The number of ether oxygens (including phenoxy) is 2. The molecule has 0 radical (unpaired) electrons. The molecule has 0 aliphatic carbocycles. The largest absolute Gasteiger partial charge is 0.493 e. The Balaban J connectivity index is 3.26. The highest BCUT2D eigenvalue weighted by Crippen LogP contribution is 2.32. The van der Waals surface area contributed by atoms with Crippen LogP contribution in [0.1, 0.15) is 12.5 Å². The third-order valence-corrected chi connectivity index (χ3v) is 2.35. The van der Waals surface area contributed by atoms with Crippen LogP contribution in [-0.4, -0.2) is 20.1 Å². The van der Waals surface area contributed by atoms with Gasteiger partial charge in [-0.2, -0.15) is 0 Å². The third-order valence-electron chi connectivity index (χ3n) is 2.35. The van der Waals surface area contributed by atoms with Gasteiger partial charge in [-0.1, -0.05) is 0 Å². The number of hydrogen-bond donors (Lipinski definition) is 2. The first-order valence-corrected chi connectivity index (χ1v) is 4.99. The minimum atomic E-state index is -0.487. The fourth-order valence-electron chi connectivity index (χ4n) is 1.34. The molecule has 0 bridgehead atoms. The lowest BCUT2D eigenvalue weighted by atomic mass is 10.1. The zero-order valence-electron chi connectivity index (χ0n) is 10.1. The van der Waals surface area contributed by atoms with Crippen LogP contribution in [0.3, 0.4) is 0 Å². The van der Waals surface area contributed by atoms with E-state index in [-0.39, 0.29) is 0 Å². The number of nitrogen functional groups attached to an aromatic ring is 1. The Hall–Kier alpha value is -2.17. The Morgan fingerprint density at radius 2 is 1.76 bits per heavy atom. The molecule has 0 aliphatic heterocycles. The molecule has 0 aromatic heterocycles. The van der Waals surface area contributed by atoms with E-state index in [9.17, 15) is 4.79 Å². The van der Waals surface area contributed by atoms with Crippen LogP contribution in [0.2, 0.25) is 0 Å². The first kappa shape index (κ1) is 12.9. The number of amides is 1. The highest BCUT2D eigenvalue weighted by molar-refractivity contribution is 5.96. The molecule has 17 heavy (non-hydrogen) atoms. The second kappa shape index (κ2) is 5.25. The molecule has 0 saturated carbocycles. The average Bonchev–Trinajstić information content (AvgIpc) is 2.30. The van der Waals surface area contributed by atoms with E-state index in [2.05, 4.69) is 0 Å². The SMILES string of the molecule is COc1cc(N)c(C=C(C)C(N)=O)cc1OC. The smallest absolute Gasteiger partial charge is 0.244 e. The van der Waals surface area contributed by atoms with Crippen molar-refractivity contribution in [2.75, 3.05) is 20.0 Å². The number of anilines is 1. The van der Waals surface area contributed by atoms with Crippen molar-refractivity contribution in [2.45, 2.75) is 6.92 Å². The van der Waals surface area contributed by atoms with Crippen molar-refractivity contribution < 1.29 is 14.3 Å². The predicted octanol–water partition coefficient (Wildman–Crippen LogP) is 1.17. The lowest BCUT2D eigenvalue weighted by Crippen LogP contribution is -2.11. The number of rotatable bonds is 4. The Labute approximate surface area is 100.0 Å². The second-order valence-corrected chi connectivity index (χ2v) is 3.53. The molecule has 5 heteroatoms. The number of methoxy groups -OCH3 is 2. The summed E-state index contributed by atoms with van der Waals surface area (Å²) < 4.78 is 10.3. The van der Waals surface area contributed by atoms with Crippen LogP contribution in [-0.2, 0) is 4.79 Å². The first-order valence-electron chi connectivity index (χ1n) is 4.99. The van der Waals surface area contributed by atoms with Crippen molar-refractivity contribution in [1.82, 2.24) is 0 Å². The van der Waals surface area contributed by atoms with Gasteiger partial charge in [-0.05, 0) is 19.1 Å². The van der Waals surface area contributed by atoms with Gasteiger partial charge in [0.05, 0.1) is 14.2 Å². The molecule has 5 nitrogen and oxygen atoms in total. The summed E-state index contributed by atoms with van der Waals surface area (Å²) in [5.41, 5.74) is 12.6. The molecule has 0 aliphatic rings. The normalized spacial score (nSPS) is 11.1. The quantitative estimate of drug-likeness (QED) is 0.607. The van der Waals surface area contributed by atoms with E-state index in [4.69, 9.17) is 20.9 Å². The molecule has 4 N–H and O–H groups in total. The van der Waals surface area contributed by atoms with E-state index in [0.717, 1.165) is 0 Å². The molecular weight excluding hydrogens is 220 g/mol. The van der Waals surface area contributed by atoms with E-state index in [1.807, 2.05) is 0 Å². The maximum atomic E-state index is 10.9. The lowest BCUT2D eigenvalue weighted by molar-refractivity contribution is -0.114. The van der Waals surface area contributed by atoms with Crippen LogP contribution in [0.5, 0.6) is 11.5 Å². The fourth-order valence-corrected chi connectivity index (χ4v) is 1.34. The van der Waals surface area contributed by atoms with Crippen LogP contribution in [0.4, 0.5) is 5.69 Å². The molecule has 0 atom stereocenters. The zero-order chi connectivity index (χ0) is 13.0. The molecular formula is C12H16N2O3. The molecule has 92 valence electrons. The van der Waals surface area contributed by atoms with Crippen LogP contribution in [0.25, 0.3) is 6.08 Å². The minimum Gasteiger partial charge on any atom is -0.493 e. The number of carbonyl (C=O) groups excluding carboxylic acids is 1. The summed E-state index contributed by atoms with van der Waals surface area (Å²) in [6.45, 7) is 1.62. The Kier molecular flexibility index (Phi) is 3.98. The Morgan fingerprint density at radius 3 is 2.24 bits per heavy atom. The van der Waals surface area contributed by atoms with E-state index in [0.29, 0.717) is 28.3 Å². The molecule has 0 fully saturated rings. The van der Waals surface area contributed by atoms with Crippen LogP contribution < -0.4 is 20.9 Å². The molecule has 0 unspecified atom stereocenters. The summed E-state index contributed by atoms with van der Waals surface area (Å²) in [6, 6.07) is 3.33. The first-order chi connectivity index (χ1) is 7.99. The molecule has 0 saturated heterocycles. The summed E-state index contributed by atoms with van der Waals surface area (Å²) >= 11 is 0. The highest BCUT2D eigenvalue weighted by atomic mass is 16.5. The summed E-state index contributed by atoms with van der Waals surface area (Å²) in [7, 11) is 3.06. The standard InChI is InChI=1S/C12H16N2O3/c1-7(12(14)15)4-8-5-10(16-2)11(17-3)6-9(8)13/h4-6H,13H2,1-3H3,(H2,14,15). The van der Waals surface area contributed by atoms with Crippen molar-refractivity contribution >= 4 is 17.7 Å². The maximum absolute atomic E-state index is 10.9. The highest BCUT2D eigenvalue weighted by Gasteiger charge is 2.08. The van der Waals surface area contributed by atoms with E-state index in [1.165, 1.54) is 14.2 Å². The monoisotopic (exact) mass is 236 g/mol. The topological polar surface area (TPSA) is 87.6 Å². The summed E-state index contributed by atoms with van der Waals surface area (Å²) in [5.74, 6) is 0.600. The van der Waals surface area contributed by atoms with Crippen molar-refractivity contribution in [3.05, 3.63) is 23.3 Å². The van der Waals surface area contributed by atoms with Crippen LogP contribution in [0, 0.1) is 0 Å². The maximum Gasteiger partial charge on any atom is 0.244 e. The lowest BCUT2D eigenvalue weighted by Gasteiger charge is -2.10. The van der Waals surface area contributed by atoms with Gasteiger partial charge in [0.25, 0.3) is 0 Å². The number of carbonyl (C=O) groups is 1. The Morgan fingerprint density at radius 1 is 1.24 bits per heavy atom. The van der Waals surface area contributed by atoms with Crippen LogP contribution in [0.15, 0.2) is 17.7 Å². The molecule has 1 aromatic rings. The summed E-state index contributed by atoms with van der Waals surface area (Å²) in [4.78, 5) is 10.9. The second-order valence-electron chi connectivity index (χ2n) is 3.53. The van der Waals surface area contributed by atoms with Gasteiger partial charge in [-0.25, -0.2) is 0 Å². The van der Waals surface area contributed by atoms with Crippen molar-refractivity contribution in [2.24, 2.45) is 5.73 Å². The number of hydrogen-bond acceptors (Lipinski definition) is 4. The van der Waals surface area contributed by atoms with E-state index >= 15 is 0 Å². The van der Waals surface area contributed by atoms with E-state index in [1.54, 1.807) is 25.1 Å². The predicted molar refractivity (Wildman–Crippen MR) is 66.8 cm³/mol. The molecule has 1 rings (SSSR count). The van der Waals surface area contributed by atoms with Gasteiger partial charge in [0.2, 0.25) is 5.91 Å². The van der Waals surface area contributed by atoms with E-state index < -0.39 is 5.91 Å². The van der Waals surface area contributed by atoms with Crippen LogP contribution >= 0.6 is 0 Å². The number of primary amides is 1. The average molecular weight is 236 g/mol. The molecule has 1 amide bonds. The van der Waals surface area contributed by atoms with Crippen molar-refractivity contribution in [3.63, 3.8) is 0 Å². The minimum absolute atomic E-state index is 0.420. The van der Waals surface area contributed by atoms with Gasteiger partial charge in [-0.15, -0.1) is 0 Å².